The molecule has 10 heteroatoms. The molecule has 184 valence electrons. The maximum atomic E-state index is 13.0. The Kier molecular flexibility index (Phi) is 6.66. The van der Waals surface area contributed by atoms with Gasteiger partial charge >= 0.3 is 5.97 Å². The average molecular weight is 496 g/mol. The molecule has 9 nitrogen and oxygen atoms in total. The number of hydrogen-bond acceptors (Lipinski definition) is 6. The molecule has 4 aromatic rings. The van der Waals surface area contributed by atoms with Gasteiger partial charge in [-0.3, -0.25) is 19.0 Å². The van der Waals surface area contributed by atoms with E-state index in [-0.39, 0.29) is 11.2 Å². The lowest BCUT2D eigenvalue weighted by atomic mass is 10.2. The Bertz CT molecular complexity index is 1460. The summed E-state index contributed by atoms with van der Waals surface area (Å²) < 4.78 is 10.5. The van der Waals surface area contributed by atoms with E-state index in [1.807, 2.05) is 41.9 Å². The third-order valence-corrected chi connectivity index (χ3v) is 6.93. The fourth-order valence-electron chi connectivity index (χ4n) is 3.89. The fraction of sp³-hybridized carbons (Fsp3) is 0.360. The van der Waals surface area contributed by atoms with Gasteiger partial charge in [-0.05, 0) is 44.9 Å². The van der Waals surface area contributed by atoms with E-state index in [9.17, 15) is 14.4 Å². The third kappa shape index (κ3) is 4.66. The summed E-state index contributed by atoms with van der Waals surface area (Å²) in [7, 11) is 1.74. The number of nitrogens with zero attached hydrogens (tertiary/aromatic N) is 4. The normalized spacial score (nSPS) is 12.3. The van der Waals surface area contributed by atoms with E-state index in [1.165, 1.54) is 22.9 Å². The van der Waals surface area contributed by atoms with Gasteiger partial charge in [-0.1, -0.05) is 32.0 Å². The molecule has 3 heterocycles. The lowest BCUT2D eigenvalue weighted by Crippen LogP contribution is -2.32. The summed E-state index contributed by atoms with van der Waals surface area (Å²) in [4.78, 5) is 40.0. The largest absolute Gasteiger partial charge is 0.448 e. The molecule has 4 rings (SSSR count). The lowest BCUT2D eigenvalue weighted by Gasteiger charge is -2.12. The number of amides is 1. The van der Waals surface area contributed by atoms with Crippen LogP contribution < -0.4 is 10.9 Å². The van der Waals surface area contributed by atoms with Gasteiger partial charge in [0.25, 0.3) is 11.5 Å². The summed E-state index contributed by atoms with van der Waals surface area (Å²) >= 11 is 1.30. The summed E-state index contributed by atoms with van der Waals surface area (Å²) in [6, 6.07) is 10.9. The van der Waals surface area contributed by atoms with Crippen molar-refractivity contribution in [1.82, 2.24) is 19.1 Å². The second kappa shape index (κ2) is 9.53. The highest BCUT2D eigenvalue weighted by molar-refractivity contribution is 7.20. The van der Waals surface area contributed by atoms with Gasteiger partial charge in [0.15, 0.2) is 6.10 Å². The molecule has 0 aliphatic heterocycles. The van der Waals surface area contributed by atoms with Crippen LogP contribution >= 0.6 is 11.3 Å². The molecule has 3 aromatic heterocycles. The number of carbonyl (C=O) groups excluding carboxylic acids is 2. The van der Waals surface area contributed by atoms with Crippen LogP contribution in [0, 0.1) is 19.8 Å². The number of rotatable bonds is 7. The molecule has 0 radical (unpaired) electrons. The number of esters is 1. The predicted molar refractivity (Wildman–Crippen MR) is 136 cm³/mol. The second-order valence-electron chi connectivity index (χ2n) is 8.96. The first-order valence-corrected chi connectivity index (χ1v) is 12.2. The number of carbonyl (C=O) groups is 2. The molecule has 0 aliphatic carbocycles. The van der Waals surface area contributed by atoms with Crippen molar-refractivity contribution < 1.29 is 14.3 Å². The zero-order valence-corrected chi connectivity index (χ0v) is 21.5. The molecule has 35 heavy (non-hydrogen) atoms. The molecule has 1 atom stereocenters. The Labute approximate surface area is 206 Å². The number of aryl methyl sites for hydroxylation is 1. The van der Waals surface area contributed by atoms with Crippen LogP contribution in [0.25, 0.3) is 15.9 Å². The quantitative estimate of drug-likeness (QED) is 0.390. The molecule has 0 bridgehead atoms. The van der Waals surface area contributed by atoms with Gasteiger partial charge < -0.3 is 10.1 Å². The van der Waals surface area contributed by atoms with E-state index < -0.39 is 18.0 Å². The zero-order chi connectivity index (χ0) is 25.4. The number of hydrogen-bond donors (Lipinski definition) is 1. The van der Waals surface area contributed by atoms with Crippen LogP contribution in [0.4, 0.5) is 5.69 Å². The summed E-state index contributed by atoms with van der Waals surface area (Å²) in [6.45, 7) is 10.1. The molecular weight excluding hydrogens is 466 g/mol. The summed E-state index contributed by atoms with van der Waals surface area (Å²) in [5, 5.41) is 8.10. The first-order valence-electron chi connectivity index (χ1n) is 11.4. The second-order valence-corrected chi connectivity index (χ2v) is 9.99. The van der Waals surface area contributed by atoms with Crippen molar-refractivity contribution in [3.63, 3.8) is 0 Å². The number of aromatic nitrogens is 4. The number of para-hydroxylation sites is 1. The molecule has 1 aromatic carbocycles. The van der Waals surface area contributed by atoms with Crippen molar-refractivity contribution in [2.75, 3.05) is 5.32 Å². The number of thiophene rings is 1. The maximum Gasteiger partial charge on any atom is 0.349 e. The van der Waals surface area contributed by atoms with Gasteiger partial charge in [0.1, 0.15) is 15.4 Å². The number of anilines is 1. The van der Waals surface area contributed by atoms with Crippen molar-refractivity contribution in [2.24, 2.45) is 13.0 Å². The molecular formula is C25H29N5O4S. The van der Waals surface area contributed by atoms with E-state index in [1.54, 1.807) is 24.7 Å². The Morgan fingerprint density at radius 3 is 2.49 bits per heavy atom. The molecule has 0 fully saturated rings. The van der Waals surface area contributed by atoms with E-state index in [0.717, 1.165) is 22.5 Å². The Morgan fingerprint density at radius 2 is 1.83 bits per heavy atom. The van der Waals surface area contributed by atoms with Crippen LogP contribution in [-0.4, -0.2) is 37.1 Å². The van der Waals surface area contributed by atoms with E-state index in [4.69, 9.17) is 4.74 Å². The van der Waals surface area contributed by atoms with Crippen molar-refractivity contribution in [2.45, 2.75) is 47.3 Å². The van der Waals surface area contributed by atoms with Gasteiger partial charge in [-0.25, -0.2) is 9.48 Å². The first-order chi connectivity index (χ1) is 16.6. The highest BCUT2D eigenvalue weighted by Crippen LogP contribution is 2.29. The minimum Gasteiger partial charge on any atom is -0.448 e. The van der Waals surface area contributed by atoms with Gasteiger partial charge in [-0.2, -0.15) is 5.10 Å². The van der Waals surface area contributed by atoms with Crippen molar-refractivity contribution in [3.8, 4) is 5.69 Å². The molecule has 1 N–H and O–H groups in total. The van der Waals surface area contributed by atoms with Crippen LogP contribution in [0.5, 0.6) is 0 Å². The van der Waals surface area contributed by atoms with Gasteiger partial charge in [0, 0.05) is 19.0 Å². The Morgan fingerprint density at radius 1 is 1.14 bits per heavy atom. The third-order valence-electron chi connectivity index (χ3n) is 5.80. The monoisotopic (exact) mass is 495 g/mol. The van der Waals surface area contributed by atoms with Crippen LogP contribution in [0.1, 0.15) is 41.8 Å². The van der Waals surface area contributed by atoms with E-state index >= 15 is 0 Å². The molecule has 0 saturated heterocycles. The zero-order valence-electron chi connectivity index (χ0n) is 20.7. The minimum atomic E-state index is -1.09. The number of ether oxygens (including phenoxy) is 1. The number of nitrogens with one attached hydrogen (secondary N) is 1. The van der Waals surface area contributed by atoms with Crippen molar-refractivity contribution in [1.29, 1.82) is 0 Å². The van der Waals surface area contributed by atoms with Crippen LogP contribution in [0.3, 0.4) is 0 Å². The van der Waals surface area contributed by atoms with Crippen LogP contribution in [0.15, 0.2) is 41.2 Å². The maximum absolute atomic E-state index is 13.0. The molecule has 1 amide bonds. The molecule has 0 aliphatic rings. The van der Waals surface area contributed by atoms with Crippen molar-refractivity contribution >= 4 is 39.1 Å². The summed E-state index contributed by atoms with van der Waals surface area (Å²) in [6.07, 6.45) is -1.09. The SMILES string of the molecule is Cc1nn(CC(C)C)c2sc(C(=O)O[C@@H](C)C(=O)Nc3c(C)n(C)n(-c4ccccc4)c3=O)cc12. The van der Waals surface area contributed by atoms with Crippen LogP contribution in [0.2, 0.25) is 0 Å². The van der Waals surface area contributed by atoms with Gasteiger partial charge in [0.05, 0.1) is 17.1 Å². The minimum absolute atomic E-state index is 0.149. The molecule has 0 saturated carbocycles. The van der Waals surface area contributed by atoms with E-state index in [0.29, 0.717) is 22.2 Å². The smallest absolute Gasteiger partial charge is 0.349 e. The Hall–Kier alpha value is -3.66. The fourth-order valence-corrected chi connectivity index (χ4v) is 4.95. The lowest BCUT2D eigenvalue weighted by molar-refractivity contribution is -0.123. The predicted octanol–water partition coefficient (Wildman–Crippen LogP) is 4.04. The summed E-state index contributed by atoms with van der Waals surface area (Å²) in [5.74, 6) is -0.755. The van der Waals surface area contributed by atoms with Crippen LogP contribution in [-0.2, 0) is 23.1 Å². The van der Waals surface area contributed by atoms with E-state index in [2.05, 4.69) is 24.3 Å². The highest BCUT2D eigenvalue weighted by atomic mass is 32.1. The van der Waals surface area contributed by atoms with Gasteiger partial charge in [-0.15, -0.1) is 11.3 Å². The number of benzene rings is 1. The van der Waals surface area contributed by atoms with Gasteiger partial charge in [0.2, 0.25) is 0 Å². The summed E-state index contributed by atoms with van der Waals surface area (Å²) in [5.41, 5.74) is 1.89. The molecule has 0 spiro atoms. The van der Waals surface area contributed by atoms with Crippen molar-refractivity contribution in [3.05, 3.63) is 63.0 Å². The first kappa shape index (κ1) is 24.5. The average Bonchev–Trinajstić information content (AvgIpc) is 3.43. The topological polar surface area (TPSA) is 100 Å². The highest BCUT2D eigenvalue weighted by Gasteiger charge is 2.25. The standard InChI is InChI=1S/C25H29N5O4S/c1-14(2)13-29-24-19(15(3)27-29)12-20(35-24)25(33)34-17(5)22(31)26-21-16(4)28(6)30(23(21)32)18-10-8-7-9-11-18/h7-12,14,17H,13H2,1-6H3,(H,26,31)/t17-/m0/s1. The molecule has 0 unspecified atom stereocenters. The Balaban J connectivity index is 1.51. The number of fused-ring (bicyclic) bond motifs is 1.